The van der Waals surface area contributed by atoms with Crippen molar-refractivity contribution >= 4 is 39.5 Å². The van der Waals surface area contributed by atoms with Crippen LogP contribution in [0.5, 0.6) is 0 Å². The number of ether oxygens (including phenoxy) is 4. The van der Waals surface area contributed by atoms with Gasteiger partial charge in [0.15, 0.2) is 12.2 Å². The monoisotopic (exact) mass is 1340 g/mol. The Bertz CT molecular complexity index is 1780. The molecule has 0 fully saturated rings. The van der Waals surface area contributed by atoms with Crippen molar-refractivity contribution in [2.24, 2.45) is 17.8 Å². The van der Waals surface area contributed by atoms with Gasteiger partial charge in [-0.1, -0.05) is 312 Å². The van der Waals surface area contributed by atoms with Crippen LogP contribution in [-0.2, 0) is 65.4 Å². The number of rotatable bonds is 70. The van der Waals surface area contributed by atoms with E-state index in [1.807, 2.05) is 0 Å². The summed E-state index contributed by atoms with van der Waals surface area (Å²) >= 11 is 0. The Morgan fingerprint density at radius 3 is 0.747 bits per heavy atom. The van der Waals surface area contributed by atoms with Crippen LogP contribution >= 0.6 is 15.6 Å². The van der Waals surface area contributed by atoms with Crippen molar-refractivity contribution in [3.05, 3.63) is 0 Å². The average molecular weight is 1340 g/mol. The molecular weight excluding hydrogens is 1200 g/mol. The lowest BCUT2D eigenvalue weighted by Crippen LogP contribution is -2.30. The van der Waals surface area contributed by atoms with Gasteiger partial charge in [0.1, 0.15) is 19.3 Å². The summed E-state index contributed by atoms with van der Waals surface area (Å²) in [7, 11) is -9.90. The Hall–Kier alpha value is -1.94. The molecule has 2 unspecified atom stereocenters. The second kappa shape index (κ2) is 62.8. The van der Waals surface area contributed by atoms with Crippen molar-refractivity contribution < 1.29 is 80.2 Å². The fourth-order valence-corrected chi connectivity index (χ4v) is 12.5. The number of carbonyl (C=O) groups excluding carboxylic acids is 4. The first-order chi connectivity index (χ1) is 43.7. The van der Waals surface area contributed by atoms with E-state index in [0.717, 1.165) is 108 Å². The van der Waals surface area contributed by atoms with E-state index in [1.54, 1.807) is 0 Å². The van der Waals surface area contributed by atoms with Crippen LogP contribution in [0.4, 0.5) is 0 Å². The van der Waals surface area contributed by atoms with Crippen LogP contribution in [0.15, 0.2) is 0 Å². The highest BCUT2D eigenvalue weighted by Gasteiger charge is 2.30. The van der Waals surface area contributed by atoms with E-state index >= 15 is 0 Å². The largest absolute Gasteiger partial charge is 0.472 e. The average Bonchev–Trinajstić information content (AvgIpc) is 2.30. The number of esters is 4. The lowest BCUT2D eigenvalue weighted by Gasteiger charge is -2.21. The van der Waals surface area contributed by atoms with Crippen LogP contribution in [0.25, 0.3) is 0 Å². The molecule has 0 spiro atoms. The van der Waals surface area contributed by atoms with Crippen molar-refractivity contribution in [3.8, 4) is 0 Å². The number of unbranched alkanes of at least 4 members (excludes halogenated alkanes) is 38. The minimum Gasteiger partial charge on any atom is -0.462 e. The van der Waals surface area contributed by atoms with Gasteiger partial charge in [0.2, 0.25) is 0 Å². The molecule has 0 heterocycles. The summed E-state index contributed by atoms with van der Waals surface area (Å²) in [5, 5.41) is 10.6. The molecule has 0 aromatic rings. The van der Waals surface area contributed by atoms with Gasteiger partial charge in [-0.3, -0.25) is 37.3 Å². The van der Waals surface area contributed by atoms with E-state index in [1.165, 1.54) is 167 Å². The first-order valence-corrected chi connectivity index (χ1v) is 40.3. The normalized spacial score (nSPS) is 14.2. The summed E-state index contributed by atoms with van der Waals surface area (Å²) in [6, 6.07) is 0. The van der Waals surface area contributed by atoms with Gasteiger partial charge >= 0.3 is 39.5 Å². The zero-order valence-electron chi connectivity index (χ0n) is 59.3. The molecule has 0 aromatic carbocycles. The molecule has 540 valence electrons. The van der Waals surface area contributed by atoms with E-state index in [9.17, 15) is 43.2 Å². The molecule has 91 heavy (non-hydrogen) atoms. The Kier molecular flexibility index (Phi) is 61.5. The third-order valence-corrected chi connectivity index (χ3v) is 18.5. The molecule has 0 aliphatic carbocycles. The van der Waals surface area contributed by atoms with E-state index in [4.69, 9.17) is 37.0 Å². The maximum absolute atomic E-state index is 13.0. The quantitative estimate of drug-likeness (QED) is 0.0222. The van der Waals surface area contributed by atoms with Crippen LogP contribution in [0.2, 0.25) is 0 Å². The van der Waals surface area contributed by atoms with Crippen molar-refractivity contribution in [2.75, 3.05) is 39.6 Å². The summed E-state index contributed by atoms with van der Waals surface area (Å²) in [6.07, 6.45) is 47.5. The van der Waals surface area contributed by atoms with E-state index in [0.29, 0.717) is 31.6 Å². The Labute approximate surface area is 556 Å². The van der Waals surface area contributed by atoms with Crippen LogP contribution in [0, 0.1) is 17.8 Å². The molecular formula is C72H140O17P2. The second-order valence-electron chi connectivity index (χ2n) is 27.4. The molecule has 0 saturated heterocycles. The molecule has 0 saturated carbocycles. The van der Waals surface area contributed by atoms with Gasteiger partial charge in [-0.15, -0.1) is 0 Å². The van der Waals surface area contributed by atoms with Crippen LogP contribution in [0.1, 0.15) is 363 Å². The number of carbonyl (C=O) groups is 4. The zero-order valence-corrected chi connectivity index (χ0v) is 61.1. The van der Waals surface area contributed by atoms with Crippen molar-refractivity contribution in [2.45, 2.75) is 381 Å². The van der Waals surface area contributed by atoms with Crippen LogP contribution in [-0.4, -0.2) is 96.7 Å². The summed E-state index contributed by atoms with van der Waals surface area (Å²) in [6.45, 7) is 11.8. The Balaban J connectivity index is 5.19. The standard InChI is InChI=1S/C72H140O17P2/c1-8-9-10-11-12-31-39-46-53-69(74)82-60-68(89-72(77)56-49-42-35-34-38-45-52-65(6)7)62-87-91(80,81)85-58-66(73)57-84-90(78,79)86-61-67(59-83-70(75)54-47-40-32-27-23-20-16-18-22-26-30-37-44-51-64(4)5)88-71(76)55-48-41-33-28-24-19-15-13-14-17-21-25-29-36-43-50-63(2)3/h63-68,73H,8-62H2,1-7H3,(H,78,79)(H,80,81)/t66-,67-,68-/m1/s1. The third kappa shape index (κ3) is 66.5. The third-order valence-electron chi connectivity index (χ3n) is 16.6. The number of phosphoric acid groups is 2. The fraction of sp³-hybridized carbons (Fsp3) is 0.944. The van der Waals surface area contributed by atoms with Gasteiger partial charge < -0.3 is 33.8 Å². The highest BCUT2D eigenvalue weighted by atomic mass is 31.2. The van der Waals surface area contributed by atoms with Gasteiger partial charge in [-0.05, 0) is 43.4 Å². The second-order valence-corrected chi connectivity index (χ2v) is 30.3. The predicted octanol–water partition coefficient (Wildman–Crippen LogP) is 20.6. The van der Waals surface area contributed by atoms with Gasteiger partial charge in [-0.2, -0.15) is 0 Å². The molecule has 5 atom stereocenters. The molecule has 0 aromatic heterocycles. The van der Waals surface area contributed by atoms with Gasteiger partial charge in [-0.25, -0.2) is 9.13 Å². The predicted molar refractivity (Wildman–Crippen MR) is 368 cm³/mol. The summed E-state index contributed by atoms with van der Waals surface area (Å²) < 4.78 is 68.2. The summed E-state index contributed by atoms with van der Waals surface area (Å²) in [5.41, 5.74) is 0. The molecule has 0 amide bonds. The first-order valence-electron chi connectivity index (χ1n) is 37.3. The lowest BCUT2D eigenvalue weighted by atomic mass is 10.0. The Morgan fingerprint density at radius 2 is 0.505 bits per heavy atom. The highest BCUT2D eigenvalue weighted by Crippen LogP contribution is 2.45. The van der Waals surface area contributed by atoms with Crippen molar-refractivity contribution in [1.82, 2.24) is 0 Å². The maximum Gasteiger partial charge on any atom is 0.472 e. The van der Waals surface area contributed by atoms with Gasteiger partial charge in [0.25, 0.3) is 0 Å². The molecule has 19 heteroatoms. The Morgan fingerprint density at radius 1 is 0.297 bits per heavy atom. The smallest absolute Gasteiger partial charge is 0.462 e. The first kappa shape index (κ1) is 89.1. The molecule has 0 radical (unpaired) electrons. The van der Waals surface area contributed by atoms with Gasteiger partial charge in [0, 0.05) is 25.7 Å². The minimum atomic E-state index is -4.95. The van der Waals surface area contributed by atoms with E-state index in [-0.39, 0.29) is 25.7 Å². The topological polar surface area (TPSA) is 237 Å². The molecule has 0 rings (SSSR count). The van der Waals surface area contributed by atoms with Crippen LogP contribution < -0.4 is 0 Å². The number of aliphatic hydroxyl groups excluding tert-OH is 1. The fourth-order valence-electron chi connectivity index (χ4n) is 10.9. The zero-order chi connectivity index (χ0) is 67.3. The maximum atomic E-state index is 13.0. The van der Waals surface area contributed by atoms with Crippen LogP contribution in [0.3, 0.4) is 0 Å². The summed E-state index contributed by atoms with van der Waals surface area (Å²) in [4.78, 5) is 72.5. The van der Waals surface area contributed by atoms with Crippen molar-refractivity contribution in [1.29, 1.82) is 0 Å². The number of aliphatic hydroxyl groups is 1. The highest BCUT2D eigenvalue weighted by molar-refractivity contribution is 7.47. The minimum absolute atomic E-state index is 0.102. The molecule has 3 N–H and O–H groups in total. The van der Waals surface area contributed by atoms with Crippen molar-refractivity contribution in [3.63, 3.8) is 0 Å². The van der Waals surface area contributed by atoms with E-state index in [2.05, 4.69) is 48.5 Å². The molecule has 0 aliphatic heterocycles. The number of hydrogen-bond acceptors (Lipinski definition) is 15. The number of hydrogen-bond donors (Lipinski definition) is 3. The molecule has 17 nitrogen and oxygen atoms in total. The lowest BCUT2D eigenvalue weighted by molar-refractivity contribution is -0.161. The molecule has 0 bridgehead atoms. The summed E-state index contributed by atoms with van der Waals surface area (Å²) in [5.74, 6) is 0.133. The molecule has 0 aliphatic rings. The van der Waals surface area contributed by atoms with Gasteiger partial charge in [0.05, 0.1) is 26.4 Å². The SMILES string of the molecule is CCCCCCCCCCC(=O)OC[C@H](COP(=O)(O)OC[C@H](O)COP(=O)(O)OC[C@@H](COC(=O)CCCCCCCCCCCCCCCC(C)C)OC(=O)CCCCCCCCCCCCCCCCCC(C)C)OC(=O)CCCCCCCCC(C)C. The van der Waals surface area contributed by atoms with E-state index < -0.39 is 97.5 Å². The number of phosphoric ester groups is 2.